The Morgan fingerprint density at radius 1 is 1.03 bits per heavy atom. The minimum Gasteiger partial charge on any atom is -0.486 e. The van der Waals surface area contributed by atoms with Crippen LogP contribution < -0.4 is 25.0 Å². The van der Waals surface area contributed by atoms with Gasteiger partial charge in [-0.05, 0) is 30.2 Å². The Hall–Kier alpha value is -3.55. The molecule has 8 heteroatoms. The van der Waals surface area contributed by atoms with Crippen LogP contribution in [0.3, 0.4) is 0 Å². The number of carbonyl (C=O) groups excluding carboxylic acids is 3. The number of para-hydroxylation sites is 1. The van der Waals surface area contributed by atoms with Gasteiger partial charge in [0.1, 0.15) is 19.3 Å². The highest BCUT2D eigenvalue weighted by atomic mass is 16.6. The number of amides is 3. The van der Waals surface area contributed by atoms with Crippen molar-refractivity contribution in [1.82, 2.24) is 5.32 Å². The van der Waals surface area contributed by atoms with E-state index in [2.05, 4.69) is 10.6 Å². The number of fused-ring (bicyclic) bond motifs is 1. The van der Waals surface area contributed by atoms with Crippen LogP contribution in [0.5, 0.6) is 11.5 Å². The molecule has 2 heterocycles. The molecule has 0 spiro atoms. The normalized spacial score (nSPS) is 18.4. The number of carbonyl (C=O) groups is 3. The standard InChI is InChI=1S/C24H27N3O5/c1-15(2)22(24(30)25-17-8-9-19-20(13-17)32-11-10-31-19)26-23(29)16-12-21(28)27(14-16)18-6-4-3-5-7-18/h3-9,13,15-16,22H,10-12,14H2,1-2H3,(H,25,30)(H,26,29)/t16-,22-/m0/s1. The summed E-state index contributed by atoms with van der Waals surface area (Å²) >= 11 is 0. The van der Waals surface area contributed by atoms with Crippen LogP contribution in [0.1, 0.15) is 20.3 Å². The summed E-state index contributed by atoms with van der Waals surface area (Å²) in [5.74, 6) is -0.161. The van der Waals surface area contributed by atoms with Crippen LogP contribution in [0.2, 0.25) is 0 Å². The third-order valence-corrected chi connectivity index (χ3v) is 5.62. The number of nitrogens with zero attached hydrogens (tertiary/aromatic N) is 1. The molecule has 2 aliphatic heterocycles. The first kappa shape index (κ1) is 21.7. The largest absolute Gasteiger partial charge is 0.486 e. The van der Waals surface area contributed by atoms with E-state index in [0.717, 1.165) is 5.69 Å². The van der Waals surface area contributed by atoms with Crippen molar-refractivity contribution in [2.75, 3.05) is 30.0 Å². The van der Waals surface area contributed by atoms with Gasteiger partial charge in [-0.1, -0.05) is 32.0 Å². The monoisotopic (exact) mass is 437 g/mol. The lowest BCUT2D eigenvalue weighted by Crippen LogP contribution is -2.49. The van der Waals surface area contributed by atoms with Gasteiger partial charge in [-0.15, -0.1) is 0 Å². The maximum atomic E-state index is 12.9. The average Bonchev–Trinajstić information content (AvgIpc) is 3.19. The Labute approximate surface area is 186 Å². The second-order valence-corrected chi connectivity index (χ2v) is 8.32. The molecule has 2 aromatic rings. The molecule has 1 saturated heterocycles. The van der Waals surface area contributed by atoms with Crippen molar-refractivity contribution in [3.63, 3.8) is 0 Å². The molecule has 32 heavy (non-hydrogen) atoms. The fourth-order valence-electron chi connectivity index (χ4n) is 3.89. The number of nitrogens with one attached hydrogen (secondary N) is 2. The lowest BCUT2D eigenvalue weighted by molar-refractivity contribution is -0.130. The van der Waals surface area contributed by atoms with Crippen molar-refractivity contribution >= 4 is 29.1 Å². The predicted octanol–water partition coefficient (Wildman–Crippen LogP) is 2.59. The van der Waals surface area contributed by atoms with Crippen LogP contribution in [0, 0.1) is 11.8 Å². The van der Waals surface area contributed by atoms with Crippen molar-refractivity contribution in [3.05, 3.63) is 48.5 Å². The Morgan fingerprint density at radius 2 is 1.75 bits per heavy atom. The van der Waals surface area contributed by atoms with Crippen molar-refractivity contribution in [2.45, 2.75) is 26.3 Å². The quantitative estimate of drug-likeness (QED) is 0.724. The van der Waals surface area contributed by atoms with Gasteiger partial charge < -0.3 is 25.0 Å². The van der Waals surface area contributed by atoms with E-state index in [1.165, 1.54) is 0 Å². The summed E-state index contributed by atoms with van der Waals surface area (Å²) in [5.41, 5.74) is 1.33. The second-order valence-electron chi connectivity index (χ2n) is 8.32. The van der Waals surface area contributed by atoms with Gasteiger partial charge in [0.2, 0.25) is 17.7 Å². The van der Waals surface area contributed by atoms with E-state index < -0.39 is 12.0 Å². The maximum absolute atomic E-state index is 12.9. The predicted molar refractivity (Wildman–Crippen MR) is 120 cm³/mol. The van der Waals surface area contributed by atoms with Crippen molar-refractivity contribution in [2.24, 2.45) is 11.8 Å². The first-order valence-corrected chi connectivity index (χ1v) is 10.8. The smallest absolute Gasteiger partial charge is 0.247 e. The Kier molecular flexibility index (Phi) is 6.30. The molecule has 2 aromatic carbocycles. The third kappa shape index (κ3) is 4.69. The molecule has 1 fully saturated rings. The van der Waals surface area contributed by atoms with E-state index >= 15 is 0 Å². The van der Waals surface area contributed by atoms with Crippen LogP contribution in [0.4, 0.5) is 11.4 Å². The summed E-state index contributed by atoms with van der Waals surface area (Å²) in [7, 11) is 0. The summed E-state index contributed by atoms with van der Waals surface area (Å²) in [6.45, 7) is 4.97. The zero-order valence-corrected chi connectivity index (χ0v) is 18.2. The number of hydrogen-bond donors (Lipinski definition) is 2. The van der Waals surface area contributed by atoms with Gasteiger partial charge in [0.25, 0.3) is 0 Å². The van der Waals surface area contributed by atoms with Crippen LogP contribution in [-0.2, 0) is 14.4 Å². The molecule has 2 N–H and O–H groups in total. The van der Waals surface area contributed by atoms with E-state index in [1.54, 1.807) is 23.1 Å². The van der Waals surface area contributed by atoms with Gasteiger partial charge in [0.05, 0.1) is 5.92 Å². The molecule has 3 amide bonds. The molecule has 4 rings (SSSR count). The second kappa shape index (κ2) is 9.30. The van der Waals surface area contributed by atoms with Gasteiger partial charge in [-0.3, -0.25) is 14.4 Å². The van der Waals surface area contributed by atoms with E-state index in [0.29, 0.717) is 36.9 Å². The molecule has 0 unspecified atom stereocenters. The van der Waals surface area contributed by atoms with Crippen LogP contribution in [0.15, 0.2) is 48.5 Å². The minimum atomic E-state index is -0.739. The molecule has 2 atom stereocenters. The molecular formula is C24H27N3O5. The minimum absolute atomic E-state index is 0.0989. The van der Waals surface area contributed by atoms with Crippen LogP contribution in [-0.4, -0.2) is 43.5 Å². The SMILES string of the molecule is CC(C)[C@H](NC(=O)[C@H]1CC(=O)N(c2ccccc2)C1)C(=O)Nc1ccc2c(c1)OCCO2. The fourth-order valence-corrected chi connectivity index (χ4v) is 3.89. The Bertz CT molecular complexity index is 1010. The van der Waals surface area contributed by atoms with Gasteiger partial charge in [-0.2, -0.15) is 0 Å². The van der Waals surface area contributed by atoms with Crippen LogP contribution >= 0.6 is 0 Å². The maximum Gasteiger partial charge on any atom is 0.247 e. The summed E-state index contributed by atoms with van der Waals surface area (Å²) < 4.78 is 11.1. The van der Waals surface area contributed by atoms with Crippen molar-refractivity contribution in [1.29, 1.82) is 0 Å². The lowest BCUT2D eigenvalue weighted by Gasteiger charge is -2.24. The first-order chi connectivity index (χ1) is 15.4. The molecule has 0 radical (unpaired) electrons. The highest BCUT2D eigenvalue weighted by Gasteiger charge is 2.37. The lowest BCUT2D eigenvalue weighted by atomic mass is 10.0. The van der Waals surface area contributed by atoms with E-state index in [1.807, 2.05) is 44.2 Å². The number of rotatable bonds is 6. The zero-order valence-electron chi connectivity index (χ0n) is 18.2. The topological polar surface area (TPSA) is 97.0 Å². The third-order valence-electron chi connectivity index (χ3n) is 5.62. The zero-order chi connectivity index (χ0) is 22.7. The fraction of sp³-hybridized carbons (Fsp3) is 0.375. The van der Waals surface area contributed by atoms with Crippen molar-refractivity contribution < 1.29 is 23.9 Å². The van der Waals surface area contributed by atoms with E-state index in [4.69, 9.17) is 9.47 Å². The molecular weight excluding hydrogens is 410 g/mol. The number of anilines is 2. The van der Waals surface area contributed by atoms with Crippen molar-refractivity contribution in [3.8, 4) is 11.5 Å². The summed E-state index contributed by atoms with van der Waals surface area (Å²) in [5, 5.41) is 5.69. The summed E-state index contributed by atoms with van der Waals surface area (Å²) in [6, 6.07) is 13.7. The van der Waals surface area contributed by atoms with Gasteiger partial charge in [0.15, 0.2) is 11.5 Å². The molecule has 8 nitrogen and oxygen atoms in total. The van der Waals surface area contributed by atoms with Gasteiger partial charge >= 0.3 is 0 Å². The highest BCUT2D eigenvalue weighted by molar-refractivity contribution is 6.02. The molecule has 2 aliphatic rings. The Balaban J connectivity index is 1.40. The van der Waals surface area contributed by atoms with Crippen LogP contribution in [0.25, 0.3) is 0 Å². The summed E-state index contributed by atoms with van der Waals surface area (Å²) in [4.78, 5) is 39.9. The Morgan fingerprint density at radius 3 is 2.47 bits per heavy atom. The molecule has 0 aliphatic carbocycles. The molecule has 168 valence electrons. The summed E-state index contributed by atoms with van der Waals surface area (Å²) in [6.07, 6.45) is 0.120. The molecule has 0 aromatic heterocycles. The first-order valence-electron chi connectivity index (χ1n) is 10.8. The number of benzene rings is 2. The van der Waals surface area contributed by atoms with E-state index in [-0.39, 0.29) is 30.1 Å². The highest BCUT2D eigenvalue weighted by Crippen LogP contribution is 2.32. The molecule has 0 bridgehead atoms. The van der Waals surface area contributed by atoms with Gasteiger partial charge in [-0.25, -0.2) is 0 Å². The average molecular weight is 437 g/mol. The number of hydrogen-bond acceptors (Lipinski definition) is 5. The number of ether oxygens (including phenoxy) is 2. The van der Waals surface area contributed by atoms with E-state index in [9.17, 15) is 14.4 Å². The molecule has 0 saturated carbocycles. The van der Waals surface area contributed by atoms with Gasteiger partial charge in [0, 0.05) is 30.4 Å².